The molecule has 0 bridgehead atoms. The fraction of sp³-hybridized carbons (Fsp3) is 0.400. The number of benzene rings is 2. The lowest BCUT2D eigenvalue weighted by atomic mass is 10.1. The maximum absolute atomic E-state index is 13.4. The molecule has 1 N–H and O–H groups in total. The number of halogens is 4. The molecule has 1 saturated heterocycles. The van der Waals surface area contributed by atoms with Gasteiger partial charge in [-0.2, -0.15) is 13.2 Å². The van der Waals surface area contributed by atoms with E-state index in [1.165, 1.54) is 12.1 Å². The van der Waals surface area contributed by atoms with Gasteiger partial charge in [0.1, 0.15) is 6.04 Å². The van der Waals surface area contributed by atoms with Crippen molar-refractivity contribution in [2.24, 2.45) is 0 Å². The number of hydrogen-bond acceptors (Lipinski definition) is 3. The molecule has 10 heteroatoms. The van der Waals surface area contributed by atoms with Gasteiger partial charge in [-0.05, 0) is 61.1 Å². The van der Waals surface area contributed by atoms with Gasteiger partial charge in [0, 0.05) is 16.7 Å². The monoisotopic (exact) mass is 569 g/mol. The second kappa shape index (κ2) is 12.0. The summed E-state index contributed by atoms with van der Waals surface area (Å²) in [6, 6.07) is 10.6. The first-order valence-electron chi connectivity index (χ1n) is 11.5. The van der Waals surface area contributed by atoms with Gasteiger partial charge in [0.05, 0.1) is 17.7 Å². The number of hydrogen-bond donors (Lipinski definition) is 1. The van der Waals surface area contributed by atoms with Crippen LogP contribution in [0.3, 0.4) is 0 Å². The lowest BCUT2D eigenvalue weighted by Crippen LogP contribution is -2.38. The third-order valence-corrected chi connectivity index (χ3v) is 6.71. The van der Waals surface area contributed by atoms with Crippen LogP contribution >= 0.6 is 28.1 Å². The molecule has 2 aromatic carbocycles. The zero-order chi connectivity index (χ0) is 25.6. The lowest BCUT2D eigenvalue weighted by Gasteiger charge is -2.24. The first kappa shape index (κ1) is 27.1. The van der Waals surface area contributed by atoms with Crippen LogP contribution in [0, 0.1) is 0 Å². The Morgan fingerprint density at radius 1 is 1.09 bits per heavy atom. The van der Waals surface area contributed by atoms with Crippen molar-refractivity contribution in [1.82, 2.24) is 4.90 Å². The molecule has 188 valence electrons. The topological polar surface area (TPSA) is 52.7 Å². The molecule has 1 heterocycles. The van der Waals surface area contributed by atoms with Gasteiger partial charge in [-0.3, -0.25) is 14.5 Å². The van der Waals surface area contributed by atoms with E-state index in [4.69, 9.17) is 12.2 Å². The molecule has 0 radical (unpaired) electrons. The van der Waals surface area contributed by atoms with Crippen molar-refractivity contribution >= 4 is 56.4 Å². The Kier molecular flexibility index (Phi) is 9.29. The van der Waals surface area contributed by atoms with Crippen molar-refractivity contribution < 1.29 is 22.8 Å². The van der Waals surface area contributed by atoms with Gasteiger partial charge in [-0.25, -0.2) is 0 Å². The smallest absolute Gasteiger partial charge is 0.336 e. The van der Waals surface area contributed by atoms with Crippen LogP contribution in [-0.2, 0) is 15.8 Å². The standard InChI is InChI=1S/C25H27BrF3N3O2S/c1-2-3-4-5-6-14-31-21(16-22(33)30-19-12-10-18(26)11-13-19)23(34)32(24(31)35)20-9-7-8-17(15-20)25(27,28)29/h7-13,15,21H,2-6,14,16H2,1H3,(H,30,33). The number of carbonyl (C=O) groups excluding carboxylic acids is 2. The number of amides is 2. The Morgan fingerprint density at radius 3 is 2.43 bits per heavy atom. The first-order valence-corrected chi connectivity index (χ1v) is 12.7. The fourth-order valence-corrected chi connectivity index (χ4v) is 4.63. The largest absolute Gasteiger partial charge is 0.416 e. The van der Waals surface area contributed by atoms with Crippen molar-refractivity contribution in [3.05, 3.63) is 58.6 Å². The van der Waals surface area contributed by atoms with E-state index >= 15 is 0 Å². The number of nitrogens with one attached hydrogen (secondary N) is 1. The van der Waals surface area contributed by atoms with Crippen LogP contribution in [0.4, 0.5) is 24.5 Å². The van der Waals surface area contributed by atoms with Crippen molar-refractivity contribution in [3.8, 4) is 0 Å². The van der Waals surface area contributed by atoms with Gasteiger partial charge in [0.25, 0.3) is 5.91 Å². The summed E-state index contributed by atoms with van der Waals surface area (Å²) in [5, 5.41) is 2.89. The molecule has 0 saturated carbocycles. The van der Waals surface area contributed by atoms with Crippen LogP contribution in [-0.4, -0.2) is 34.4 Å². The highest BCUT2D eigenvalue weighted by Crippen LogP contribution is 2.34. The van der Waals surface area contributed by atoms with Gasteiger partial charge < -0.3 is 10.2 Å². The van der Waals surface area contributed by atoms with E-state index in [2.05, 4.69) is 28.2 Å². The van der Waals surface area contributed by atoms with Crippen LogP contribution in [0.5, 0.6) is 0 Å². The minimum Gasteiger partial charge on any atom is -0.336 e. The molecule has 5 nitrogen and oxygen atoms in total. The van der Waals surface area contributed by atoms with E-state index in [0.717, 1.165) is 53.6 Å². The zero-order valence-electron chi connectivity index (χ0n) is 19.3. The van der Waals surface area contributed by atoms with E-state index < -0.39 is 23.7 Å². The van der Waals surface area contributed by atoms with Crippen molar-refractivity contribution in [3.63, 3.8) is 0 Å². The Morgan fingerprint density at radius 2 is 1.77 bits per heavy atom. The predicted molar refractivity (Wildman–Crippen MR) is 138 cm³/mol. The molecule has 35 heavy (non-hydrogen) atoms. The zero-order valence-corrected chi connectivity index (χ0v) is 21.7. The number of nitrogens with zero attached hydrogens (tertiary/aromatic N) is 2. The van der Waals surface area contributed by atoms with E-state index in [1.807, 2.05) is 0 Å². The van der Waals surface area contributed by atoms with Gasteiger partial charge in [0.2, 0.25) is 5.91 Å². The van der Waals surface area contributed by atoms with Crippen molar-refractivity contribution in [2.45, 2.75) is 57.7 Å². The van der Waals surface area contributed by atoms with Crippen LogP contribution in [0.1, 0.15) is 51.0 Å². The number of thiocarbonyl (C=S) groups is 1. The maximum Gasteiger partial charge on any atom is 0.416 e. The maximum atomic E-state index is 13.4. The van der Waals surface area contributed by atoms with E-state index in [1.54, 1.807) is 29.2 Å². The van der Waals surface area contributed by atoms with Crippen molar-refractivity contribution in [1.29, 1.82) is 0 Å². The molecule has 0 spiro atoms. The first-order chi connectivity index (χ1) is 16.6. The fourth-order valence-electron chi connectivity index (χ4n) is 3.95. The Bertz CT molecular complexity index is 1060. The summed E-state index contributed by atoms with van der Waals surface area (Å²) in [6.45, 7) is 2.56. The molecule has 2 amide bonds. The summed E-state index contributed by atoms with van der Waals surface area (Å²) in [5.74, 6) is -0.885. The predicted octanol–water partition coefficient (Wildman–Crippen LogP) is 6.77. The molecule has 1 unspecified atom stereocenters. The van der Waals surface area contributed by atoms with Crippen LogP contribution < -0.4 is 10.2 Å². The summed E-state index contributed by atoms with van der Waals surface area (Å²) >= 11 is 8.88. The molecule has 1 aliphatic rings. The number of alkyl halides is 3. The Hall–Kier alpha value is -2.46. The SMILES string of the molecule is CCCCCCCN1C(=S)N(c2cccc(C(F)(F)F)c2)C(=O)C1CC(=O)Nc1ccc(Br)cc1. The number of unbranched alkanes of at least 4 members (excludes halogenated alkanes) is 4. The summed E-state index contributed by atoms with van der Waals surface area (Å²) in [6.07, 6.45) is 0.193. The minimum atomic E-state index is -4.55. The van der Waals surface area contributed by atoms with Crippen LogP contribution in [0.15, 0.2) is 53.0 Å². The molecule has 0 aromatic heterocycles. The van der Waals surface area contributed by atoms with Gasteiger partial charge in [0.15, 0.2) is 5.11 Å². The molecular formula is C25H27BrF3N3O2S. The summed E-state index contributed by atoms with van der Waals surface area (Å²) in [7, 11) is 0. The number of carbonyl (C=O) groups is 2. The highest BCUT2D eigenvalue weighted by atomic mass is 79.9. The van der Waals surface area contributed by atoms with Gasteiger partial charge in [-0.15, -0.1) is 0 Å². The van der Waals surface area contributed by atoms with E-state index in [0.29, 0.717) is 12.2 Å². The van der Waals surface area contributed by atoms with E-state index in [-0.39, 0.29) is 23.1 Å². The van der Waals surface area contributed by atoms with E-state index in [9.17, 15) is 22.8 Å². The molecule has 1 fully saturated rings. The molecular weight excluding hydrogens is 543 g/mol. The normalized spacial score (nSPS) is 16.2. The average Bonchev–Trinajstić information content (AvgIpc) is 3.03. The summed E-state index contributed by atoms with van der Waals surface area (Å²) in [5.41, 5.74) is -0.248. The second-order valence-electron chi connectivity index (χ2n) is 8.39. The third-order valence-electron chi connectivity index (χ3n) is 5.76. The molecule has 0 aliphatic carbocycles. The minimum absolute atomic E-state index is 0.0432. The van der Waals surface area contributed by atoms with Crippen LogP contribution in [0.25, 0.3) is 0 Å². The highest BCUT2D eigenvalue weighted by Gasteiger charge is 2.44. The van der Waals surface area contributed by atoms with Crippen molar-refractivity contribution in [2.75, 3.05) is 16.8 Å². The Labute approximate surface area is 216 Å². The highest BCUT2D eigenvalue weighted by molar-refractivity contribution is 9.10. The van der Waals surface area contributed by atoms with Crippen LogP contribution in [0.2, 0.25) is 0 Å². The quantitative estimate of drug-likeness (QED) is 0.253. The Balaban J connectivity index is 1.81. The molecule has 1 atom stereocenters. The molecule has 3 rings (SSSR count). The molecule has 1 aliphatic heterocycles. The summed E-state index contributed by atoms with van der Waals surface area (Å²) in [4.78, 5) is 29.0. The molecule has 2 aromatic rings. The lowest BCUT2D eigenvalue weighted by molar-refractivity contribution is -0.137. The van der Waals surface area contributed by atoms with Gasteiger partial charge >= 0.3 is 6.18 Å². The number of anilines is 2. The number of rotatable bonds is 10. The third kappa shape index (κ3) is 7.04. The summed E-state index contributed by atoms with van der Waals surface area (Å²) < 4.78 is 40.7. The second-order valence-corrected chi connectivity index (χ2v) is 9.67. The average molecular weight is 570 g/mol. The van der Waals surface area contributed by atoms with Gasteiger partial charge in [-0.1, -0.05) is 54.6 Å².